The van der Waals surface area contributed by atoms with Crippen LogP contribution in [0.1, 0.15) is 39.5 Å². The van der Waals surface area contributed by atoms with Gasteiger partial charge in [0.1, 0.15) is 6.04 Å². The van der Waals surface area contributed by atoms with Gasteiger partial charge in [-0.1, -0.05) is 0 Å². The van der Waals surface area contributed by atoms with E-state index in [2.05, 4.69) is 5.32 Å². The second-order valence-corrected chi connectivity index (χ2v) is 5.57. The molecule has 0 unspecified atom stereocenters. The lowest BCUT2D eigenvalue weighted by Gasteiger charge is -2.37. The summed E-state index contributed by atoms with van der Waals surface area (Å²) in [6.07, 6.45) is 5.01. The Balaban J connectivity index is 2.01. The number of esters is 1. The van der Waals surface area contributed by atoms with Gasteiger partial charge in [-0.3, -0.25) is 4.79 Å². The van der Waals surface area contributed by atoms with E-state index in [1.807, 2.05) is 6.92 Å². The van der Waals surface area contributed by atoms with Gasteiger partial charge in [0.05, 0.1) is 18.8 Å². The van der Waals surface area contributed by atoms with Crippen molar-refractivity contribution in [3.05, 3.63) is 0 Å². The molecule has 2 fully saturated rings. The fourth-order valence-electron chi connectivity index (χ4n) is 2.98. The Hall–Kier alpha value is -1.10. The standard InChI is InChI=1S/C14H23NO4/c1-3-18-14(17)13(15-8-16)11-6-9(2)19-12(7-11)10-4-5-10/h8-13H,3-7H2,1-2H3,(H,15,16)/t9-,11-,12+,13-/m0/s1. The van der Waals surface area contributed by atoms with Crippen molar-refractivity contribution >= 4 is 12.4 Å². The summed E-state index contributed by atoms with van der Waals surface area (Å²) >= 11 is 0. The molecular weight excluding hydrogens is 246 g/mol. The molecule has 1 heterocycles. The second-order valence-electron chi connectivity index (χ2n) is 5.57. The SMILES string of the molecule is CCOC(=O)[C@@H](NC=O)[C@H]1C[C@H](C)O[C@@H](C2CC2)C1. The van der Waals surface area contributed by atoms with Crippen molar-refractivity contribution < 1.29 is 19.1 Å². The molecule has 2 rings (SSSR count). The summed E-state index contributed by atoms with van der Waals surface area (Å²) in [7, 11) is 0. The number of amides is 1. The van der Waals surface area contributed by atoms with Crippen LogP contribution in [0.15, 0.2) is 0 Å². The van der Waals surface area contributed by atoms with E-state index < -0.39 is 6.04 Å². The molecule has 2 aliphatic rings. The third-order valence-electron chi connectivity index (χ3n) is 3.98. The van der Waals surface area contributed by atoms with Crippen molar-refractivity contribution in [3.8, 4) is 0 Å². The molecule has 1 aliphatic carbocycles. The van der Waals surface area contributed by atoms with Gasteiger partial charge in [-0.25, -0.2) is 4.79 Å². The summed E-state index contributed by atoms with van der Waals surface area (Å²) < 4.78 is 11.0. The number of rotatable bonds is 6. The predicted octanol–water partition coefficient (Wildman–Crippen LogP) is 1.26. The first kappa shape index (κ1) is 14.3. The lowest BCUT2D eigenvalue weighted by atomic mass is 9.84. The van der Waals surface area contributed by atoms with E-state index >= 15 is 0 Å². The molecule has 19 heavy (non-hydrogen) atoms. The molecule has 0 aromatic carbocycles. The van der Waals surface area contributed by atoms with Crippen LogP contribution in [0, 0.1) is 11.8 Å². The number of hydrogen-bond acceptors (Lipinski definition) is 4. The Labute approximate surface area is 114 Å². The van der Waals surface area contributed by atoms with Crippen molar-refractivity contribution in [1.29, 1.82) is 0 Å². The first-order valence-electron chi connectivity index (χ1n) is 7.17. The molecular formula is C14H23NO4. The smallest absolute Gasteiger partial charge is 0.328 e. The molecule has 0 radical (unpaired) electrons. The summed E-state index contributed by atoms with van der Waals surface area (Å²) in [4.78, 5) is 22.7. The van der Waals surface area contributed by atoms with Gasteiger partial charge in [0.25, 0.3) is 0 Å². The zero-order valence-electron chi connectivity index (χ0n) is 11.6. The summed E-state index contributed by atoms with van der Waals surface area (Å²) in [5.41, 5.74) is 0. The average Bonchev–Trinajstić information content (AvgIpc) is 3.19. The molecule has 5 heteroatoms. The van der Waals surface area contributed by atoms with Crippen LogP contribution < -0.4 is 5.32 Å². The zero-order chi connectivity index (χ0) is 13.8. The maximum Gasteiger partial charge on any atom is 0.328 e. The minimum Gasteiger partial charge on any atom is -0.464 e. The maximum absolute atomic E-state index is 11.9. The summed E-state index contributed by atoms with van der Waals surface area (Å²) in [6, 6.07) is -0.537. The minimum atomic E-state index is -0.537. The van der Waals surface area contributed by atoms with Gasteiger partial charge in [0.15, 0.2) is 0 Å². The van der Waals surface area contributed by atoms with E-state index in [0.717, 1.165) is 12.8 Å². The van der Waals surface area contributed by atoms with Crippen LogP contribution in [0.2, 0.25) is 0 Å². The molecule has 1 saturated heterocycles. The van der Waals surface area contributed by atoms with Crippen LogP contribution in [-0.4, -0.2) is 37.2 Å². The predicted molar refractivity (Wildman–Crippen MR) is 69.4 cm³/mol. The van der Waals surface area contributed by atoms with Crippen molar-refractivity contribution in [2.75, 3.05) is 6.61 Å². The van der Waals surface area contributed by atoms with Gasteiger partial charge < -0.3 is 14.8 Å². The van der Waals surface area contributed by atoms with Crippen LogP contribution in [0.4, 0.5) is 0 Å². The van der Waals surface area contributed by atoms with Crippen molar-refractivity contribution in [2.24, 2.45) is 11.8 Å². The maximum atomic E-state index is 11.9. The summed E-state index contributed by atoms with van der Waals surface area (Å²) in [5.74, 6) is 0.422. The van der Waals surface area contributed by atoms with Gasteiger partial charge >= 0.3 is 5.97 Å². The zero-order valence-corrected chi connectivity index (χ0v) is 11.6. The van der Waals surface area contributed by atoms with Crippen LogP contribution in [0.5, 0.6) is 0 Å². The Bertz CT molecular complexity index is 329. The topological polar surface area (TPSA) is 64.6 Å². The highest BCUT2D eigenvalue weighted by molar-refractivity contribution is 5.78. The number of carbonyl (C=O) groups excluding carboxylic acids is 2. The van der Waals surface area contributed by atoms with Gasteiger partial charge in [0.2, 0.25) is 6.41 Å². The monoisotopic (exact) mass is 269 g/mol. The number of hydrogen-bond donors (Lipinski definition) is 1. The fourth-order valence-corrected chi connectivity index (χ4v) is 2.98. The molecule has 0 bridgehead atoms. The second kappa shape index (κ2) is 6.37. The number of carbonyl (C=O) groups is 2. The Kier molecular flexibility index (Phi) is 4.80. The normalized spacial score (nSPS) is 32.4. The molecule has 108 valence electrons. The molecule has 1 aliphatic heterocycles. The number of nitrogens with one attached hydrogen (secondary N) is 1. The molecule has 1 amide bonds. The summed E-state index contributed by atoms with van der Waals surface area (Å²) in [6.45, 7) is 4.14. The quantitative estimate of drug-likeness (QED) is 0.582. The van der Waals surface area contributed by atoms with Crippen LogP contribution in [0.25, 0.3) is 0 Å². The Morgan fingerprint density at radius 2 is 2.21 bits per heavy atom. The first-order valence-corrected chi connectivity index (χ1v) is 7.17. The van der Waals surface area contributed by atoms with Crippen molar-refractivity contribution in [1.82, 2.24) is 5.32 Å². The molecule has 0 aromatic heterocycles. The molecule has 0 aromatic rings. The number of ether oxygens (including phenoxy) is 2. The van der Waals surface area contributed by atoms with Crippen LogP contribution in [-0.2, 0) is 19.1 Å². The average molecular weight is 269 g/mol. The molecule has 1 N–H and O–H groups in total. The lowest BCUT2D eigenvalue weighted by molar-refractivity contribution is -0.151. The highest BCUT2D eigenvalue weighted by Crippen LogP contribution is 2.41. The largest absolute Gasteiger partial charge is 0.464 e. The third kappa shape index (κ3) is 3.69. The van der Waals surface area contributed by atoms with E-state index in [-0.39, 0.29) is 24.1 Å². The Morgan fingerprint density at radius 1 is 1.47 bits per heavy atom. The van der Waals surface area contributed by atoms with E-state index in [9.17, 15) is 9.59 Å². The van der Waals surface area contributed by atoms with E-state index in [1.54, 1.807) is 6.92 Å². The van der Waals surface area contributed by atoms with E-state index in [0.29, 0.717) is 18.9 Å². The van der Waals surface area contributed by atoms with Gasteiger partial charge in [-0.15, -0.1) is 0 Å². The van der Waals surface area contributed by atoms with Crippen molar-refractivity contribution in [2.45, 2.75) is 57.8 Å². The molecule has 4 atom stereocenters. The van der Waals surface area contributed by atoms with E-state index in [4.69, 9.17) is 9.47 Å². The summed E-state index contributed by atoms with van der Waals surface area (Å²) in [5, 5.41) is 2.63. The minimum absolute atomic E-state index is 0.110. The van der Waals surface area contributed by atoms with Gasteiger partial charge in [0, 0.05) is 0 Å². The van der Waals surface area contributed by atoms with E-state index in [1.165, 1.54) is 12.8 Å². The first-order chi connectivity index (χ1) is 9.15. The molecule has 1 saturated carbocycles. The van der Waals surface area contributed by atoms with Crippen LogP contribution >= 0.6 is 0 Å². The lowest BCUT2D eigenvalue weighted by Crippen LogP contribution is -2.48. The molecule has 0 spiro atoms. The fraction of sp³-hybridized carbons (Fsp3) is 0.857. The third-order valence-corrected chi connectivity index (χ3v) is 3.98. The van der Waals surface area contributed by atoms with Gasteiger partial charge in [-0.2, -0.15) is 0 Å². The van der Waals surface area contributed by atoms with Gasteiger partial charge in [-0.05, 0) is 51.4 Å². The Morgan fingerprint density at radius 3 is 2.79 bits per heavy atom. The molecule has 5 nitrogen and oxygen atoms in total. The van der Waals surface area contributed by atoms with Crippen LogP contribution in [0.3, 0.4) is 0 Å². The van der Waals surface area contributed by atoms with Crippen molar-refractivity contribution in [3.63, 3.8) is 0 Å². The highest BCUT2D eigenvalue weighted by atomic mass is 16.5. The highest BCUT2D eigenvalue weighted by Gasteiger charge is 2.42.